The molecule has 0 aromatic heterocycles. The summed E-state index contributed by atoms with van der Waals surface area (Å²) in [6, 6.07) is 2.93. The molecule has 0 aliphatic carbocycles. The van der Waals surface area contributed by atoms with Crippen LogP contribution in [-0.4, -0.2) is 12.2 Å². The third kappa shape index (κ3) is 3.39. The van der Waals surface area contributed by atoms with E-state index >= 15 is 0 Å². The average Bonchev–Trinajstić information content (AvgIpc) is 2.10. The van der Waals surface area contributed by atoms with Gasteiger partial charge in [0.2, 0.25) is 0 Å². The first-order valence-corrected chi connectivity index (χ1v) is 4.76. The summed E-state index contributed by atoms with van der Waals surface area (Å²) in [6.07, 6.45) is -4.57. The summed E-state index contributed by atoms with van der Waals surface area (Å²) in [5.41, 5.74) is 6.31. The van der Waals surface area contributed by atoms with Gasteiger partial charge in [-0.3, -0.25) is 0 Å². The standard InChI is InChI=1S/C10H11ClF3N/c1-6-4-7(2-3-8(6)11)5-9(15)10(12,13)14/h2-4,9H,5,15H2,1H3. The molecule has 0 saturated carbocycles. The summed E-state index contributed by atoms with van der Waals surface area (Å²) >= 11 is 5.75. The third-order valence-electron chi connectivity index (χ3n) is 2.10. The minimum Gasteiger partial charge on any atom is -0.320 e. The smallest absolute Gasteiger partial charge is 0.320 e. The third-order valence-corrected chi connectivity index (χ3v) is 2.52. The van der Waals surface area contributed by atoms with Crippen LogP contribution in [0.5, 0.6) is 0 Å². The van der Waals surface area contributed by atoms with Crippen LogP contribution >= 0.6 is 11.6 Å². The number of alkyl halides is 3. The van der Waals surface area contributed by atoms with Crippen LogP contribution in [0.1, 0.15) is 11.1 Å². The molecule has 1 atom stereocenters. The van der Waals surface area contributed by atoms with Gasteiger partial charge in [0.05, 0.1) is 0 Å². The van der Waals surface area contributed by atoms with Crippen LogP contribution in [0, 0.1) is 6.92 Å². The van der Waals surface area contributed by atoms with E-state index in [4.69, 9.17) is 17.3 Å². The lowest BCUT2D eigenvalue weighted by atomic mass is 10.0. The molecule has 2 N–H and O–H groups in total. The molecule has 1 rings (SSSR count). The summed E-state index contributed by atoms with van der Waals surface area (Å²) < 4.78 is 36.5. The second-order valence-electron chi connectivity index (χ2n) is 3.44. The van der Waals surface area contributed by atoms with Gasteiger partial charge < -0.3 is 5.73 Å². The Labute approximate surface area is 91.0 Å². The Bertz CT molecular complexity index is 349. The minimum atomic E-state index is -4.35. The van der Waals surface area contributed by atoms with Crippen molar-refractivity contribution in [1.29, 1.82) is 0 Å². The van der Waals surface area contributed by atoms with E-state index in [9.17, 15) is 13.2 Å². The van der Waals surface area contributed by atoms with E-state index in [-0.39, 0.29) is 6.42 Å². The predicted molar refractivity (Wildman–Crippen MR) is 53.9 cm³/mol. The Morgan fingerprint density at radius 2 is 2.00 bits per heavy atom. The van der Waals surface area contributed by atoms with Gasteiger partial charge in [-0.25, -0.2) is 0 Å². The molecule has 0 aliphatic heterocycles. The fourth-order valence-corrected chi connectivity index (χ4v) is 1.32. The normalized spacial score (nSPS) is 14.0. The molecule has 0 aliphatic rings. The van der Waals surface area contributed by atoms with Crippen molar-refractivity contribution in [3.05, 3.63) is 34.3 Å². The van der Waals surface area contributed by atoms with Gasteiger partial charge in [0.1, 0.15) is 6.04 Å². The van der Waals surface area contributed by atoms with Crippen LogP contribution in [0.2, 0.25) is 5.02 Å². The van der Waals surface area contributed by atoms with Crippen molar-refractivity contribution in [2.75, 3.05) is 0 Å². The maximum absolute atomic E-state index is 12.2. The van der Waals surface area contributed by atoms with Gasteiger partial charge in [-0.2, -0.15) is 13.2 Å². The summed E-state index contributed by atoms with van der Waals surface area (Å²) in [5.74, 6) is 0. The van der Waals surface area contributed by atoms with E-state index in [0.29, 0.717) is 10.6 Å². The van der Waals surface area contributed by atoms with E-state index in [2.05, 4.69) is 0 Å². The van der Waals surface area contributed by atoms with Crippen molar-refractivity contribution in [1.82, 2.24) is 0 Å². The summed E-state index contributed by atoms with van der Waals surface area (Å²) in [7, 11) is 0. The number of nitrogens with two attached hydrogens (primary N) is 1. The molecule has 1 unspecified atom stereocenters. The van der Waals surface area contributed by atoms with Gasteiger partial charge in [-0.15, -0.1) is 0 Å². The van der Waals surface area contributed by atoms with Crippen molar-refractivity contribution in [3.8, 4) is 0 Å². The zero-order chi connectivity index (χ0) is 11.6. The molecule has 1 nitrogen and oxygen atoms in total. The first-order chi connectivity index (χ1) is 6.80. The molecule has 0 saturated heterocycles. The van der Waals surface area contributed by atoms with E-state index in [1.165, 1.54) is 0 Å². The summed E-state index contributed by atoms with van der Waals surface area (Å²) in [5, 5.41) is 0.541. The second kappa shape index (κ2) is 4.41. The Kier molecular flexibility index (Phi) is 3.62. The van der Waals surface area contributed by atoms with Crippen LogP contribution in [0.3, 0.4) is 0 Å². The molecule has 0 heterocycles. The van der Waals surface area contributed by atoms with Crippen LogP contribution < -0.4 is 5.73 Å². The largest absolute Gasteiger partial charge is 0.403 e. The fraction of sp³-hybridized carbons (Fsp3) is 0.400. The Morgan fingerprint density at radius 3 is 2.47 bits per heavy atom. The Morgan fingerprint density at radius 1 is 1.40 bits per heavy atom. The number of aryl methyl sites for hydroxylation is 1. The maximum atomic E-state index is 12.2. The van der Waals surface area contributed by atoms with E-state index in [1.54, 1.807) is 25.1 Å². The van der Waals surface area contributed by atoms with Gasteiger partial charge in [0.15, 0.2) is 0 Å². The number of hydrogen-bond donors (Lipinski definition) is 1. The number of hydrogen-bond acceptors (Lipinski definition) is 1. The van der Waals surface area contributed by atoms with Crippen LogP contribution in [0.15, 0.2) is 18.2 Å². The quantitative estimate of drug-likeness (QED) is 0.841. The first-order valence-electron chi connectivity index (χ1n) is 4.38. The van der Waals surface area contributed by atoms with E-state index < -0.39 is 12.2 Å². The van der Waals surface area contributed by atoms with Gasteiger partial charge in [-0.05, 0) is 30.5 Å². The van der Waals surface area contributed by atoms with Crippen molar-refractivity contribution in [3.63, 3.8) is 0 Å². The number of rotatable bonds is 2. The molecule has 1 aromatic rings. The highest BCUT2D eigenvalue weighted by Crippen LogP contribution is 2.23. The van der Waals surface area contributed by atoms with Gasteiger partial charge in [0, 0.05) is 5.02 Å². The Balaban J connectivity index is 2.78. The second-order valence-corrected chi connectivity index (χ2v) is 3.84. The predicted octanol–water partition coefficient (Wildman–Crippen LogP) is 3.08. The van der Waals surface area contributed by atoms with Crippen LogP contribution in [-0.2, 0) is 6.42 Å². The molecule has 5 heteroatoms. The van der Waals surface area contributed by atoms with Crippen LogP contribution in [0.4, 0.5) is 13.2 Å². The van der Waals surface area contributed by atoms with Gasteiger partial charge >= 0.3 is 6.18 Å². The average molecular weight is 238 g/mol. The van der Waals surface area contributed by atoms with Gasteiger partial charge in [-0.1, -0.05) is 23.7 Å². The molecule has 0 fully saturated rings. The zero-order valence-electron chi connectivity index (χ0n) is 8.11. The highest BCUT2D eigenvalue weighted by molar-refractivity contribution is 6.31. The lowest BCUT2D eigenvalue weighted by Crippen LogP contribution is -2.39. The van der Waals surface area contributed by atoms with Crippen molar-refractivity contribution in [2.45, 2.75) is 25.6 Å². The van der Waals surface area contributed by atoms with E-state index in [1.807, 2.05) is 0 Å². The van der Waals surface area contributed by atoms with E-state index in [0.717, 1.165) is 5.56 Å². The molecule has 0 spiro atoms. The Hall–Kier alpha value is -0.740. The number of benzene rings is 1. The minimum absolute atomic E-state index is 0.221. The molecule has 0 bridgehead atoms. The number of halogens is 4. The molecule has 0 radical (unpaired) electrons. The molecule has 15 heavy (non-hydrogen) atoms. The molecular weight excluding hydrogens is 227 g/mol. The molecule has 0 amide bonds. The topological polar surface area (TPSA) is 26.0 Å². The first kappa shape index (κ1) is 12.3. The highest BCUT2D eigenvalue weighted by atomic mass is 35.5. The maximum Gasteiger partial charge on any atom is 0.403 e. The lowest BCUT2D eigenvalue weighted by molar-refractivity contribution is -0.147. The SMILES string of the molecule is Cc1cc(CC(N)C(F)(F)F)ccc1Cl. The van der Waals surface area contributed by atoms with Crippen molar-refractivity contribution < 1.29 is 13.2 Å². The van der Waals surface area contributed by atoms with Crippen LogP contribution in [0.25, 0.3) is 0 Å². The zero-order valence-corrected chi connectivity index (χ0v) is 8.86. The summed E-state index contributed by atoms with van der Waals surface area (Å²) in [6.45, 7) is 1.74. The highest BCUT2D eigenvalue weighted by Gasteiger charge is 2.36. The fourth-order valence-electron chi connectivity index (χ4n) is 1.20. The van der Waals surface area contributed by atoms with Gasteiger partial charge in [0.25, 0.3) is 0 Å². The molecular formula is C10H11ClF3N. The summed E-state index contributed by atoms with van der Waals surface area (Å²) in [4.78, 5) is 0. The molecule has 1 aromatic carbocycles. The molecule has 84 valence electrons. The monoisotopic (exact) mass is 237 g/mol. The van der Waals surface area contributed by atoms with Crippen molar-refractivity contribution in [2.24, 2.45) is 5.73 Å². The van der Waals surface area contributed by atoms with Crippen molar-refractivity contribution >= 4 is 11.6 Å². The lowest BCUT2D eigenvalue weighted by Gasteiger charge is -2.15.